The molecule has 1 atom stereocenters. The molecule has 2 heterocycles. The summed E-state index contributed by atoms with van der Waals surface area (Å²) in [6.45, 7) is 4.03. The fourth-order valence-electron chi connectivity index (χ4n) is 2.79. The van der Waals surface area contributed by atoms with Gasteiger partial charge in [0.2, 0.25) is 10.0 Å². The summed E-state index contributed by atoms with van der Waals surface area (Å²) in [5.41, 5.74) is 2.74. The van der Waals surface area contributed by atoms with Gasteiger partial charge in [-0.05, 0) is 18.1 Å². The van der Waals surface area contributed by atoms with Crippen molar-refractivity contribution >= 4 is 27.2 Å². The Labute approximate surface area is 158 Å². The third-order valence-electron chi connectivity index (χ3n) is 4.21. The van der Waals surface area contributed by atoms with E-state index >= 15 is 0 Å². The van der Waals surface area contributed by atoms with Crippen molar-refractivity contribution in [1.29, 1.82) is 0 Å². The zero-order valence-corrected chi connectivity index (χ0v) is 16.2. The summed E-state index contributed by atoms with van der Waals surface area (Å²) in [7, 11) is -3.35. The number of benzene rings is 1. The fraction of sp³-hybridized carbons (Fsp3) is 0.333. The SMILES string of the molecule is CC(C)C(CO)Nc1nccn2c(-c3cccc(NS(C)(=O)=O)c3)cnc12. The number of rotatable bonds is 7. The fourth-order valence-corrected chi connectivity index (χ4v) is 3.34. The summed E-state index contributed by atoms with van der Waals surface area (Å²) < 4.78 is 27.3. The van der Waals surface area contributed by atoms with Crippen molar-refractivity contribution in [3.63, 3.8) is 0 Å². The number of sulfonamides is 1. The lowest BCUT2D eigenvalue weighted by Crippen LogP contribution is -2.30. The highest BCUT2D eigenvalue weighted by molar-refractivity contribution is 7.92. The van der Waals surface area contributed by atoms with Crippen LogP contribution >= 0.6 is 0 Å². The molecule has 0 aliphatic heterocycles. The smallest absolute Gasteiger partial charge is 0.229 e. The summed E-state index contributed by atoms with van der Waals surface area (Å²) in [6.07, 6.45) is 6.28. The van der Waals surface area contributed by atoms with E-state index in [2.05, 4.69) is 20.0 Å². The molecule has 0 spiro atoms. The van der Waals surface area contributed by atoms with E-state index in [9.17, 15) is 13.5 Å². The molecular formula is C18H23N5O3S. The number of aliphatic hydroxyl groups excluding tert-OH is 1. The molecule has 0 aliphatic rings. The average Bonchev–Trinajstić information content (AvgIpc) is 3.03. The topological polar surface area (TPSA) is 109 Å². The van der Waals surface area contributed by atoms with E-state index in [-0.39, 0.29) is 18.6 Å². The zero-order valence-electron chi connectivity index (χ0n) is 15.4. The van der Waals surface area contributed by atoms with Crippen LogP contribution in [-0.4, -0.2) is 46.8 Å². The average molecular weight is 389 g/mol. The van der Waals surface area contributed by atoms with Crippen molar-refractivity contribution < 1.29 is 13.5 Å². The summed E-state index contributed by atoms with van der Waals surface area (Å²) in [4.78, 5) is 8.82. The molecule has 0 radical (unpaired) electrons. The zero-order chi connectivity index (χ0) is 19.6. The minimum Gasteiger partial charge on any atom is -0.394 e. The monoisotopic (exact) mass is 389 g/mol. The normalized spacial score (nSPS) is 13.1. The molecule has 0 saturated heterocycles. The Bertz CT molecular complexity index is 1050. The molecule has 0 amide bonds. The Morgan fingerprint density at radius 1 is 1.26 bits per heavy atom. The molecule has 0 fully saturated rings. The number of aromatic nitrogens is 3. The van der Waals surface area contributed by atoms with Gasteiger partial charge in [0.15, 0.2) is 11.5 Å². The largest absolute Gasteiger partial charge is 0.394 e. The van der Waals surface area contributed by atoms with Crippen LogP contribution in [0.25, 0.3) is 16.9 Å². The predicted octanol–water partition coefficient (Wildman–Crippen LogP) is 2.20. The molecule has 9 heteroatoms. The van der Waals surface area contributed by atoms with Gasteiger partial charge in [-0.3, -0.25) is 9.12 Å². The summed E-state index contributed by atoms with van der Waals surface area (Å²) in [6, 6.07) is 6.98. The van der Waals surface area contributed by atoms with Crippen LogP contribution in [0.4, 0.5) is 11.5 Å². The Morgan fingerprint density at radius 3 is 2.70 bits per heavy atom. The van der Waals surface area contributed by atoms with Gasteiger partial charge in [-0.25, -0.2) is 18.4 Å². The van der Waals surface area contributed by atoms with Gasteiger partial charge >= 0.3 is 0 Å². The lowest BCUT2D eigenvalue weighted by atomic mass is 10.1. The van der Waals surface area contributed by atoms with Crippen molar-refractivity contribution in [3.8, 4) is 11.3 Å². The summed E-state index contributed by atoms with van der Waals surface area (Å²) in [5, 5.41) is 12.8. The van der Waals surface area contributed by atoms with Crippen LogP contribution < -0.4 is 10.0 Å². The Kier molecular flexibility index (Phi) is 5.33. The van der Waals surface area contributed by atoms with E-state index in [1.165, 1.54) is 0 Å². The maximum Gasteiger partial charge on any atom is 0.229 e. The van der Waals surface area contributed by atoms with Crippen LogP contribution in [0.1, 0.15) is 13.8 Å². The molecule has 2 aromatic heterocycles. The van der Waals surface area contributed by atoms with E-state index in [1.807, 2.05) is 24.3 Å². The first kappa shape index (κ1) is 19.1. The van der Waals surface area contributed by atoms with E-state index in [0.717, 1.165) is 17.5 Å². The van der Waals surface area contributed by atoms with Crippen LogP contribution in [0.15, 0.2) is 42.9 Å². The Balaban J connectivity index is 2.00. The van der Waals surface area contributed by atoms with Crippen molar-refractivity contribution in [1.82, 2.24) is 14.4 Å². The quantitative estimate of drug-likeness (QED) is 0.572. The number of hydrogen-bond acceptors (Lipinski definition) is 6. The molecule has 0 aliphatic carbocycles. The van der Waals surface area contributed by atoms with Gasteiger partial charge in [0.1, 0.15) is 0 Å². The number of nitrogens with zero attached hydrogens (tertiary/aromatic N) is 3. The lowest BCUT2D eigenvalue weighted by molar-refractivity contribution is 0.249. The molecule has 27 heavy (non-hydrogen) atoms. The second-order valence-corrected chi connectivity index (χ2v) is 8.49. The first-order valence-corrected chi connectivity index (χ1v) is 10.5. The highest BCUT2D eigenvalue weighted by atomic mass is 32.2. The maximum atomic E-state index is 11.5. The minimum atomic E-state index is -3.35. The second kappa shape index (κ2) is 7.53. The van der Waals surface area contributed by atoms with Crippen molar-refractivity contribution in [2.45, 2.75) is 19.9 Å². The number of imidazole rings is 1. The van der Waals surface area contributed by atoms with E-state index in [1.54, 1.807) is 36.8 Å². The standard InChI is InChI=1S/C18H23N5O3S/c1-12(2)15(11-24)21-17-18-20-10-16(23(18)8-7-19-17)13-5-4-6-14(9-13)22-27(3,25)26/h4-10,12,15,22,24H,11H2,1-3H3,(H,19,21). The van der Waals surface area contributed by atoms with Gasteiger partial charge in [-0.15, -0.1) is 0 Å². The Morgan fingerprint density at radius 2 is 2.04 bits per heavy atom. The van der Waals surface area contributed by atoms with Gasteiger partial charge in [-0.2, -0.15) is 0 Å². The molecule has 3 aromatic rings. The summed E-state index contributed by atoms with van der Waals surface area (Å²) >= 11 is 0. The molecule has 3 N–H and O–H groups in total. The Hall–Kier alpha value is -2.65. The second-order valence-electron chi connectivity index (χ2n) is 6.75. The predicted molar refractivity (Wildman–Crippen MR) is 106 cm³/mol. The molecule has 0 bridgehead atoms. The molecule has 8 nitrogen and oxygen atoms in total. The van der Waals surface area contributed by atoms with Crippen LogP contribution in [0.3, 0.4) is 0 Å². The van der Waals surface area contributed by atoms with E-state index in [0.29, 0.717) is 17.2 Å². The van der Waals surface area contributed by atoms with Crippen LogP contribution in [0.5, 0.6) is 0 Å². The van der Waals surface area contributed by atoms with Crippen molar-refractivity contribution in [2.75, 3.05) is 22.9 Å². The molecule has 0 saturated carbocycles. The molecule has 1 unspecified atom stereocenters. The first-order chi connectivity index (χ1) is 12.8. The van der Waals surface area contributed by atoms with Crippen molar-refractivity contribution in [3.05, 3.63) is 42.9 Å². The van der Waals surface area contributed by atoms with Gasteiger partial charge in [0.05, 0.1) is 30.8 Å². The third-order valence-corrected chi connectivity index (χ3v) is 4.82. The molecule has 3 rings (SSSR count). The molecule has 144 valence electrons. The maximum absolute atomic E-state index is 11.5. The number of aliphatic hydroxyl groups is 1. The third kappa shape index (κ3) is 4.37. The summed E-state index contributed by atoms with van der Waals surface area (Å²) in [5.74, 6) is 0.812. The van der Waals surface area contributed by atoms with Crippen LogP contribution in [-0.2, 0) is 10.0 Å². The van der Waals surface area contributed by atoms with Crippen LogP contribution in [0, 0.1) is 5.92 Å². The lowest BCUT2D eigenvalue weighted by Gasteiger charge is -2.20. The van der Waals surface area contributed by atoms with Crippen molar-refractivity contribution in [2.24, 2.45) is 5.92 Å². The highest BCUT2D eigenvalue weighted by Crippen LogP contribution is 2.26. The first-order valence-electron chi connectivity index (χ1n) is 8.56. The number of fused-ring (bicyclic) bond motifs is 1. The van der Waals surface area contributed by atoms with Crippen LogP contribution in [0.2, 0.25) is 0 Å². The van der Waals surface area contributed by atoms with Gasteiger partial charge < -0.3 is 10.4 Å². The van der Waals surface area contributed by atoms with E-state index < -0.39 is 10.0 Å². The highest BCUT2D eigenvalue weighted by Gasteiger charge is 2.16. The minimum absolute atomic E-state index is 0.00677. The van der Waals surface area contributed by atoms with Gasteiger partial charge in [-0.1, -0.05) is 26.0 Å². The number of nitrogens with one attached hydrogen (secondary N) is 2. The number of hydrogen-bond donors (Lipinski definition) is 3. The molecule has 1 aromatic carbocycles. The molecular weight excluding hydrogens is 366 g/mol. The van der Waals surface area contributed by atoms with Gasteiger partial charge in [0, 0.05) is 23.6 Å². The van der Waals surface area contributed by atoms with Gasteiger partial charge in [0.25, 0.3) is 0 Å². The number of anilines is 2. The van der Waals surface area contributed by atoms with E-state index in [4.69, 9.17) is 0 Å².